The summed E-state index contributed by atoms with van der Waals surface area (Å²) in [4.78, 5) is 18.4. The van der Waals surface area contributed by atoms with E-state index >= 15 is 0 Å². The summed E-state index contributed by atoms with van der Waals surface area (Å²) in [5.74, 6) is -0.210. The van der Waals surface area contributed by atoms with Gasteiger partial charge < -0.3 is 19.1 Å². The number of carbonyl (C=O) groups excluding carboxylic acids is 1. The predicted molar refractivity (Wildman–Crippen MR) is 118 cm³/mol. The van der Waals surface area contributed by atoms with Crippen LogP contribution in [0.4, 0.5) is 8.78 Å². The largest absolute Gasteiger partial charge is 0.493 e. The molecule has 0 N–H and O–H groups in total. The molecule has 32 heavy (non-hydrogen) atoms. The molecule has 6 nitrogen and oxygen atoms in total. The minimum Gasteiger partial charge on any atom is -0.493 e. The van der Waals surface area contributed by atoms with E-state index in [1.165, 1.54) is 12.1 Å². The maximum atomic E-state index is 13.8. The van der Waals surface area contributed by atoms with Crippen LogP contribution in [0.25, 0.3) is 16.3 Å². The van der Waals surface area contributed by atoms with Crippen molar-refractivity contribution in [3.8, 4) is 16.7 Å². The molecule has 168 valence electrons. The molecule has 0 unspecified atom stereocenters. The molecule has 4 rings (SSSR count). The number of hydrogen-bond donors (Lipinski definition) is 0. The molecule has 1 aliphatic heterocycles. The van der Waals surface area contributed by atoms with Gasteiger partial charge in [-0.05, 0) is 29.8 Å². The normalized spacial score (nSPS) is 14.8. The third-order valence-corrected chi connectivity index (χ3v) is 6.13. The van der Waals surface area contributed by atoms with E-state index in [2.05, 4.69) is 4.98 Å². The zero-order valence-corrected chi connectivity index (χ0v) is 18.5. The highest BCUT2D eigenvalue weighted by atomic mass is 32.1. The van der Waals surface area contributed by atoms with Gasteiger partial charge in [0.1, 0.15) is 17.4 Å². The zero-order chi connectivity index (χ0) is 22.7. The number of piperidine rings is 1. The Morgan fingerprint density at radius 2 is 1.88 bits per heavy atom. The lowest BCUT2D eigenvalue weighted by Crippen LogP contribution is -2.41. The molecule has 2 aromatic carbocycles. The number of aromatic nitrogens is 1. The summed E-state index contributed by atoms with van der Waals surface area (Å²) in [5.41, 5.74) is 0.938. The number of rotatable bonds is 6. The number of likely N-dealkylation sites (tertiary alicyclic amines) is 1. The van der Waals surface area contributed by atoms with Gasteiger partial charge in [-0.15, -0.1) is 0 Å². The third kappa shape index (κ3) is 4.83. The summed E-state index contributed by atoms with van der Waals surface area (Å²) < 4.78 is 44.0. The Balaban J connectivity index is 1.33. The van der Waals surface area contributed by atoms with Crippen LogP contribution in [0.1, 0.15) is 18.4 Å². The van der Waals surface area contributed by atoms with Gasteiger partial charge in [-0.25, -0.2) is 8.78 Å². The summed E-state index contributed by atoms with van der Waals surface area (Å²) >= 11 is 1.11. The Bertz CT molecular complexity index is 1160. The Hall–Kier alpha value is -3.20. The average Bonchev–Trinajstić information content (AvgIpc) is 3.20. The number of halogens is 2. The zero-order valence-electron chi connectivity index (χ0n) is 17.6. The Kier molecular flexibility index (Phi) is 6.55. The molecule has 3 aromatic rings. The number of amides is 1. The fraction of sp³-hybridized carbons (Fsp3) is 0.304. The quantitative estimate of drug-likeness (QED) is 0.500. The molecular weight excluding hydrogens is 438 g/mol. The molecular formula is C23H22F2N2O4S. The Morgan fingerprint density at radius 1 is 1.12 bits per heavy atom. The molecule has 2 heterocycles. The number of thiazole rings is 1. The highest BCUT2D eigenvalue weighted by Crippen LogP contribution is 2.32. The van der Waals surface area contributed by atoms with Crippen LogP contribution in [-0.4, -0.2) is 49.2 Å². The van der Waals surface area contributed by atoms with Crippen molar-refractivity contribution in [3.63, 3.8) is 0 Å². The number of benzene rings is 2. The van der Waals surface area contributed by atoms with Gasteiger partial charge in [-0.2, -0.15) is 4.98 Å². The van der Waals surface area contributed by atoms with Crippen LogP contribution in [-0.2, 0) is 4.79 Å². The van der Waals surface area contributed by atoms with Gasteiger partial charge in [-0.3, -0.25) is 4.79 Å². The van der Waals surface area contributed by atoms with Gasteiger partial charge in [0.25, 0.3) is 5.19 Å². The van der Waals surface area contributed by atoms with Crippen LogP contribution < -0.4 is 14.2 Å². The van der Waals surface area contributed by atoms with Crippen molar-refractivity contribution in [2.45, 2.75) is 18.9 Å². The second kappa shape index (κ2) is 9.52. The SMILES string of the molecule is COc1ccc(/C=C/C(=O)N2CCC(Oc3nc4c(F)cc(F)cc4s3)CC2)cc1OC. The summed E-state index contributed by atoms with van der Waals surface area (Å²) in [7, 11) is 3.13. The van der Waals surface area contributed by atoms with E-state index in [0.717, 1.165) is 23.0 Å². The smallest absolute Gasteiger partial charge is 0.274 e. The molecule has 0 bridgehead atoms. The summed E-state index contributed by atoms with van der Waals surface area (Å²) in [6.07, 6.45) is 4.39. The van der Waals surface area contributed by atoms with Gasteiger partial charge in [0.05, 0.1) is 18.9 Å². The van der Waals surface area contributed by atoms with E-state index in [1.54, 1.807) is 37.3 Å². The average molecular weight is 461 g/mol. The van der Waals surface area contributed by atoms with Gasteiger partial charge in [-0.1, -0.05) is 17.4 Å². The molecule has 1 saturated heterocycles. The predicted octanol–water partition coefficient (Wildman–Crippen LogP) is 4.67. The molecule has 0 aliphatic carbocycles. The molecule has 9 heteroatoms. The lowest BCUT2D eigenvalue weighted by atomic mass is 10.1. The van der Waals surface area contributed by atoms with Crippen LogP contribution in [0.5, 0.6) is 16.7 Å². The standard InChI is InChI=1S/C23H22F2N2O4S/c1-29-18-5-3-14(11-19(18)30-2)4-6-21(28)27-9-7-16(8-10-27)31-23-26-22-17(25)12-15(24)13-20(22)32-23/h3-6,11-13,16H,7-10H2,1-2H3/b6-4+. The molecule has 1 amide bonds. The molecule has 0 saturated carbocycles. The molecule has 0 atom stereocenters. The van der Waals surface area contributed by atoms with Crippen LogP contribution in [0.3, 0.4) is 0 Å². The first-order chi connectivity index (χ1) is 15.5. The third-order valence-electron chi connectivity index (χ3n) is 5.24. The molecule has 1 fully saturated rings. The monoisotopic (exact) mass is 460 g/mol. The number of fused-ring (bicyclic) bond motifs is 1. The number of hydrogen-bond acceptors (Lipinski definition) is 6. The highest BCUT2D eigenvalue weighted by Gasteiger charge is 2.24. The van der Waals surface area contributed by atoms with Crippen LogP contribution in [0.2, 0.25) is 0 Å². The number of methoxy groups -OCH3 is 2. The maximum Gasteiger partial charge on any atom is 0.274 e. The van der Waals surface area contributed by atoms with Crippen LogP contribution in [0.15, 0.2) is 36.4 Å². The van der Waals surface area contributed by atoms with E-state index in [1.807, 2.05) is 6.07 Å². The van der Waals surface area contributed by atoms with E-state index in [0.29, 0.717) is 47.3 Å². The van der Waals surface area contributed by atoms with E-state index in [9.17, 15) is 13.6 Å². The van der Waals surface area contributed by atoms with Gasteiger partial charge in [0, 0.05) is 38.1 Å². The molecule has 0 spiro atoms. The van der Waals surface area contributed by atoms with Crippen molar-refractivity contribution in [2.75, 3.05) is 27.3 Å². The number of nitrogens with zero attached hydrogens (tertiary/aromatic N) is 2. The first kappa shape index (κ1) is 22.0. The Labute approximate surface area is 188 Å². The lowest BCUT2D eigenvalue weighted by molar-refractivity contribution is -0.127. The van der Waals surface area contributed by atoms with Gasteiger partial charge >= 0.3 is 0 Å². The van der Waals surface area contributed by atoms with Crippen molar-refractivity contribution < 1.29 is 27.8 Å². The van der Waals surface area contributed by atoms with Crippen molar-refractivity contribution in [1.29, 1.82) is 0 Å². The summed E-state index contributed by atoms with van der Waals surface area (Å²) in [6, 6.07) is 7.49. The molecule has 1 aromatic heterocycles. The highest BCUT2D eigenvalue weighted by molar-refractivity contribution is 7.20. The minimum atomic E-state index is -0.701. The van der Waals surface area contributed by atoms with Crippen molar-refractivity contribution >= 4 is 33.5 Å². The first-order valence-electron chi connectivity index (χ1n) is 10.1. The fourth-order valence-corrected chi connectivity index (χ4v) is 4.47. The second-order valence-corrected chi connectivity index (χ2v) is 8.30. The number of carbonyl (C=O) groups is 1. The van der Waals surface area contributed by atoms with Crippen LogP contribution in [0, 0.1) is 11.6 Å². The lowest BCUT2D eigenvalue weighted by Gasteiger charge is -2.30. The van der Waals surface area contributed by atoms with Gasteiger partial charge in [0.2, 0.25) is 5.91 Å². The fourth-order valence-electron chi connectivity index (χ4n) is 3.55. The minimum absolute atomic E-state index is 0.0873. The molecule has 1 aliphatic rings. The molecule has 0 radical (unpaired) electrons. The summed E-state index contributed by atoms with van der Waals surface area (Å²) in [5, 5.41) is 0.308. The topological polar surface area (TPSA) is 60.9 Å². The van der Waals surface area contributed by atoms with Crippen molar-refractivity contribution in [3.05, 3.63) is 53.6 Å². The van der Waals surface area contributed by atoms with Crippen molar-refractivity contribution in [1.82, 2.24) is 9.88 Å². The van der Waals surface area contributed by atoms with E-state index in [-0.39, 0.29) is 17.5 Å². The second-order valence-electron chi connectivity index (χ2n) is 7.30. The number of ether oxygens (including phenoxy) is 3. The van der Waals surface area contributed by atoms with Crippen molar-refractivity contribution in [2.24, 2.45) is 0 Å². The Morgan fingerprint density at radius 3 is 2.59 bits per heavy atom. The van der Waals surface area contributed by atoms with Gasteiger partial charge in [0.15, 0.2) is 17.3 Å². The van der Waals surface area contributed by atoms with E-state index < -0.39 is 11.6 Å². The summed E-state index contributed by atoms with van der Waals surface area (Å²) in [6.45, 7) is 1.07. The first-order valence-corrected chi connectivity index (χ1v) is 10.9. The maximum absolute atomic E-state index is 13.8. The van der Waals surface area contributed by atoms with E-state index in [4.69, 9.17) is 14.2 Å². The van der Waals surface area contributed by atoms with Crippen LogP contribution >= 0.6 is 11.3 Å².